The van der Waals surface area contributed by atoms with Crippen molar-refractivity contribution in [1.82, 2.24) is 20.4 Å². The summed E-state index contributed by atoms with van der Waals surface area (Å²) in [6.07, 6.45) is 0.298. The van der Waals surface area contributed by atoms with E-state index in [1.165, 1.54) is 0 Å². The van der Waals surface area contributed by atoms with Crippen molar-refractivity contribution in [2.45, 2.75) is 19.3 Å². The highest BCUT2D eigenvalue weighted by molar-refractivity contribution is 4.75. The summed E-state index contributed by atoms with van der Waals surface area (Å²) >= 11 is 0. The number of hydrogen-bond donors (Lipinski definition) is 2. The lowest BCUT2D eigenvalue weighted by Gasteiger charge is -2.41. The van der Waals surface area contributed by atoms with Crippen LogP contribution in [0.15, 0.2) is 0 Å². The van der Waals surface area contributed by atoms with Gasteiger partial charge in [-0.05, 0) is 28.1 Å². The summed E-state index contributed by atoms with van der Waals surface area (Å²) in [7, 11) is 6.18. The molecule has 16 heavy (non-hydrogen) atoms. The monoisotopic (exact) mass is 230 g/mol. The lowest BCUT2D eigenvalue weighted by atomic mass is 10.3. The Kier molecular flexibility index (Phi) is 6.23. The van der Waals surface area contributed by atoms with Crippen LogP contribution < -0.4 is 10.6 Å². The molecular formula is C11H26N4O. The van der Waals surface area contributed by atoms with E-state index in [-0.39, 0.29) is 0 Å². The van der Waals surface area contributed by atoms with E-state index in [0.29, 0.717) is 12.3 Å². The number of nitrogens with zero attached hydrogens (tertiary/aromatic N) is 2. The minimum atomic E-state index is 0.298. The van der Waals surface area contributed by atoms with Crippen molar-refractivity contribution >= 4 is 0 Å². The highest BCUT2D eigenvalue weighted by Gasteiger charge is 2.25. The Morgan fingerprint density at radius 2 is 1.94 bits per heavy atom. The minimum absolute atomic E-state index is 0.298. The van der Waals surface area contributed by atoms with E-state index in [1.54, 1.807) is 0 Å². The fourth-order valence-corrected chi connectivity index (χ4v) is 2.15. The third kappa shape index (κ3) is 3.68. The molecule has 2 N–H and O–H groups in total. The molecule has 1 rings (SSSR count). The Morgan fingerprint density at radius 3 is 2.44 bits per heavy atom. The number of morpholine rings is 1. The van der Waals surface area contributed by atoms with Crippen LogP contribution in [0, 0.1) is 0 Å². The number of nitrogens with one attached hydrogen (secondary N) is 2. The van der Waals surface area contributed by atoms with Gasteiger partial charge >= 0.3 is 0 Å². The second-order valence-electron chi connectivity index (χ2n) is 4.38. The maximum Gasteiger partial charge on any atom is 0.117 e. The number of hydrogen-bond acceptors (Lipinski definition) is 5. The Hall–Kier alpha value is -0.200. The molecule has 1 fully saturated rings. The fourth-order valence-electron chi connectivity index (χ4n) is 2.15. The van der Waals surface area contributed by atoms with Crippen molar-refractivity contribution in [2.75, 3.05) is 54.0 Å². The van der Waals surface area contributed by atoms with Crippen LogP contribution in [0.3, 0.4) is 0 Å². The molecule has 0 saturated carbocycles. The van der Waals surface area contributed by atoms with Crippen molar-refractivity contribution in [3.05, 3.63) is 0 Å². The normalized spacial score (nSPS) is 22.3. The maximum absolute atomic E-state index is 5.38. The van der Waals surface area contributed by atoms with Crippen LogP contribution in [0.1, 0.15) is 6.92 Å². The van der Waals surface area contributed by atoms with E-state index in [2.05, 4.69) is 34.4 Å². The lowest BCUT2D eigenvalue weighted by molar-refractivity contribution is -0.0463. The van der Waals surface area contributed by atoms with Crippen molar-refractivity contribution in [3.8, 4) is 0 Å². The Labute approximate surface area is 99.1 Å². The van der Waals surface area contributed by atoms with Crippen LogP contribution in [0.25, 0.3) is 0 Å². The average Bonchev–Trinajstić information content (AvgIpc) is 2.31. The highest BCUT2D eigenvalue weighted by Crippen LogP contribution is 2.07. The molecule has 0 spiro atoms. The molecule has 0 bridgehead atoms. The van der Waals surface area contributed by atoms with Gasteiger partial charge in [0.15, 0.2) is 0 Å². The summed E-state index contributed by atoms with van der Waals surface area (Å²) in [6, 6.07) is 0.505. The van der Waals surface area contributed by atoms with Gasteiger partial charge in [-0.2, -0.15) is 0 Å². The molecule has 0 aromatic carbocycles. The third-order valence-corrected chi connectivity index (χ3v) is 3.23. The lowest BCUT2D eigenvalue weighted by Crippen LogP contribution is -2.60. The molecule has 2 atom stereocenters. The van der Waals surface area contributed by atoms with E-state index in [1.807, 2.05) is 14.1 Å². The van der Waals surface area contributed by atoms with E-state index in [4.69, 9.17) is 4.74 Å². The topological polar surface area (TPSA) is 39.8 Å². The number of rotatable bonds is 6. The molecule has 1 aliphatic heterocycles. The van der Waals surface area contributed by atoms with Gasteiger partial charge in [-0.1, -0.05) is 0 Å². The second-order valence-corrected chi connectivity index (χ2v) is 4.38. The molecule has 0 aromatic heterocycles. The molecule has 96 valence electrons. The Morgan fingerprint density at radius 1 is 1.31 bits per heavy atom. The largest absolute Gasteiger partial charge is 0.379 e. The molecule has 0 aliphatic carbocycles. The first-order valence-corrected chi connectivity index (χ1v) is 6.06. The van der Waals surface area contributed by atoms with Gasteiger partial charge in [0, 0.05) is 25.7 Å². The van der Waals surface area contributed by atoms with Gasteiger partial charge < -0.3 is 10.1 Å². The van der Waals surface area contributed by atoms with Crippen molar-refractivity contribution in [2.24, 2.45) is 0 Å². The molecule has 1 aliphatic rings. The van der Waals surface area contributed by atoms with Gasteiger partial charge in [-0.15, -0.1) is 0 Å². The van der Waals surface area contributed by atoms with Crippen LogP contribution in [0.2, 0.25) is 0 Å². The van der Waals surface area contributed by atoms with Crippen LogP contribution in [0.5, 0.6) is 0 Å². The number of ether oxygens (including phenoxy) is 1. The van der Waals surface area contributed by atoms with E-state index < -0.39 is 0 Å². The summed E-state index contributed by atoms with van der Waals surface area (Å²) in [4.78, 5) is 4.79. The summed E-state index contributed by atoms with van der Waals surface area (Å²) in [5, 5.41) is 6.60. The fraction of sp³-hybridized carbons (Fsp3) is 1.00. The van der Waals surface area contributed by atoms with Crippen molar-refractivity contribution in [1.29, 1.82) is 0 Å². The third-order valence-electron chi connectivity index (χ3n) is 3.23. The molecule has 0 aromatic rings. The maximum atomic E-state index is 5.38. The van der Waals surface area contributed by atoms with E-state index in [9.17, 15) is 0 Å². The van der Waals surface area contributed by atoms with Gasteiger partial charge in [-0.3, -0.25) is 15.1 Å². The summed E-state index contributed by atoms with van der Waals surface area (Å²) < 4.78 is 5.38. The predicted octanol–water partition coefficient (Wildman–Crippen LogP) is -0.639. The van der Waals surface area contributed by atoms with Crippen LogP contribution in [-0.4, -0.2) is 76.1 Å². The zero-order valence-electron chi connectivity index (χ0n) is 11.0. The quantitative estimate of drug-likeness (QED) is 0.594. The van der Waals surface area contributed by atoms with Gasteiger partial charge in [0.25, 0.3) is 0 Å². The van der Waals surface area contributed by atoms with Crippen LogP contribution in [0.4, 0.5) is 0 Å². The second kappa shape index (κ2) is 7.19. The van der Waals surface area contributed by atoms with Gasteiger partial charge in [0.1, 0.15) is 6.29 Å². The zero-order chi connectivity index (χ0) is 12.0. The smallest absolute Gasteiger partial charge is 0.117 e. The standard InChI is InChI=1S/C11H26N4O/c1-10(9-12-2)14(4)11(13-3)15-5-7-16-8-6-15/h10-13H,5-9H2,1-4H3/t10-,11?/m0/s1. The highest BCUT2D eigenvalue weighted by atomic mass is 16.5. The average molecular weight is 230 g/mol. The molecule has 1 heterocycles. The first kappa shape index (κ1) is 13.9. The predicted molar refractivity (Wildman–Crippen MR) is 66.4 cm³/mol. The summed E-state index contributed by atoms with van der Waals surface area (Å²) in [5.41, 5.74) is 0. The molecule has 5 heteroatoms. The SMILES string of the molecule is CNC[C@H](C)N(C)C(NC)N1CCOCC1. The van der Waals surface area contributed by atoms with Crippen molar-refractivity contribution in [3.63, 3.8) is 0 Å². The first-order valence-electron chi connectivity index (χ1n) is 6.06. The Bertz CT molecular complexity index is 185. The minimum Gasteiger partial charge on any atom is -0.379 e. The molecule has 5 nitrogen and oxygen atoms in total. The molecule has 1 unspecified atom stereocenters. The molecular weight excluding hydrogens is 204 g/mol. The van der Waals surface area contributed by atoms with Gasteiger partial charge in [0.2, 0.25) is 0 Å². The van der Waals surface area contributed by atoms with Crippen molar-refractivity contribution < 1.29 is 4.74 Å². The van der Waals surface area contributed by atoms with Gasteiger partial charge in [-0.25, -0.2) is 0 Å². The first-order chi connectivity index (χ1) is 7.70. The summed E-state index contributed by atoms with van der Waals surface area (Å²) in [6.45, 7) is 6.92. The molecule has 1 saturated heterocycles. The number of likely N-dealkylation sites (N-methyl/N-ethyl adjacent to an activating group) is 2. The Balaban J connectivity index is 2.50. The van der Waals surface area contributed by atoms with E-state index in [0.717, 1.165) is 32.8 Å². The van der Waals surface area contributed by atoms with Gasteiger partial charge in [0.05, 0.1) is 13.2 Å². The van der Waals surface area contributed by atoms with E-state index >= 15 is 0 Å². The zero-order valence-corrected chi connectivity index (χ0v) is 11.0. The van der Waals surface area contributed by atoms with Crippen LogP contribution >= 0.6 is 0 Å². The van der Waals surface area contributed by atoms with Crippen LogP contribution in [-0.2, 0) is 4.74 Å². The molecule has 0 amide bonds. The summed E-state index contributed by atoms with van der Waals surface area (Å²) in [5.74, 6) is 0. The molecule has 0 radical (unpaired) electrons.